The van der Waals surface area contributed by atoms with Crippen LogP contribution in [0.25, 0.3) is 0 Å². The molecule has 2 rings (SSSR count). The summed E-state index contributed by atoms with van der Waals surface area (Å²) in [6.07, 6.45) is 6.16. The van der Waals surface area contributed by atoms with Crippen molar-refractivity contribution in [3.05, 3.63) is 48.7 Å². The Morgan fingerprint density at radius 1 is 1.21 bits per heavy atom. The summed E-state index contributed by atoms with van der Waals surface area (Å²) >= 11 is 0. The minimum absolute atomic E-state index is 0.168. The fourth-order valence-electron chi connectivity index (χ4n) is 1.44. The molecule has 0 radical (unpaired) electrons. The number of nitrogens with one attached hydrogen (secondary N) is 2. The van der Waals surface area contributed by atoms with Crippen molar-refractivity contribution in [3.8, 4) is 0 Å². The fraction of sp³-hybridized carbons (Fsp3) is 0.154. The van der Waals surface area contributed by atoms with Crippen molar-refractivity contribution in [2.45, 2.75) is 6.42 Å². The van der Waals surface area contributed by atoms with E-state index in [1.54, 1.807) is 30.6 Å². The maximum atomic E-state index is 11.6. The maximum Gasteiger partial charge on any atom is 0.254 e. The van der Waals surface area contributed by atoms with Crippen LogP contribution in [-0.4, -0.2) is 23.3 Å². The lowest BCUT2D eigenvalue weighted by molar-refractivity contribution is -0.116. The second-order valence-corrected chi connectivity index (χ2v) is 3.80. The standard InChI is InChI=1S/C13H13N3O3/c17-12(16-11-1-5-14-6-2-11)3-7-15-13(18)10-4-8-19-9-10/h1-2,4-6,8-9H,3,7H2,(H,15,18)(H,14,16,17). The van der Waals surface area contributed by atoms with E-state index in [-0.39, 0.29) is 24.8 Å². The highest BCUT2D eigenvalue weighted by molar-refractivity contribution is 5.94. The zero-order chi connectivity index (χ0) is 13.5. The van der Waals surface area contributed by atoms with Crippen LogP contribution in [0, 0.1) is 0 Å². The first-order valence-corrected chi connectivity index (χ1v) is 5.76. The summed E-state index contributed by atoms with van der Waals surface area (Å²) < 4.78 is 4.80. The zero-order valence-electron chi connectivity index (χ0n) is 10.1. The molecule has 2 amide bonds. The molecule has 0 saturated carbocycles. The van der Waals surface area contributed by atoms with Gasteiger partial charge in [0.15, 0.2) is 0 Å². The van der Waals surface area contributed by atoms with Crippen molar-refractivity contribution in [2.24, 2.45) is 0 Å². The van der Waals surface area contributed by atoms with Crippen LogP contribution in [0.5, 0.6) is 0 Å². The van der Waals surface area contributed by atoms with E-state index < -0.39 is 0 Å². The summed E-state index contributed by atoms with van der Waals surface area (Å²) in [7, 11) is 0. The van der Waals surface area contributed by atoms with E-state index in [2.05, 4.69) is 15.6 Å². The lowest BCUT2D eigenvalue weighted by Crippen LogP contribution is -2.27. The summed E-state index contributed by atoms with van der Waals surface area (Å²) in [6, 6.07) is 4.95. The molecule has 2 N–H and O–H groups in total. The largest absolute Gasteiger partial charge is 0.472 e. The summed E-state index contributed by atoms with van der Waals surface area (Å²) in [5.74, 6) is -0.427. The molecule has 0 aromatic carbocycles. The summed E-state index contributed by atoms with van der Waals surface area (Å²) in [6.45, 7) is 0.265. The fourth-order valence-corrected chi connectivity index (χ4v) is 1.44. The lowest BCUT2D eigenvalue weighted by atomic mass is 10.3. The van der Waals surface area contributed by atoms with Gasteiger partial charge in [-0.2, -0.15) is 0 Å². The van der Waals surface area contributed by atoms with Gasteiger partial charge in [-0.15, -0.1) is 0 Å². The molecule has 0 aliphatic heterocycles. The Morgan fingerprint density at radius 2 is 2.00 bits per heavy atom. The van der Waals surface area contributed by atoms with Crippen LogP contribution in [-0.2, 0) is 4.79 Å². The molecule has 6 nitrogen and oxygen atoms in total. The van der Waals surface area contributed by atoms with Gasteiger partial charge in [-0.25, -0.2) is 0 Å². The molecule has 98 valence electrons. The molecule has 0 spiro atoms. The Kier molecular flexibility index (Phi) is 4.28. The Hall–Kier alpha value is -2.63. The van der Waals surface area contributed by atoms with Crippen molar-refractivity contribution in [3.63, 3.8) is 0 Å². The molecule has 0 bridgehead atoms. The highest BCUT2D eigenvalue weighted by Gasteiger charge is 2.07. The van der Waals surface area contributed by atoms with E-state index in [9.17, 15) is 9.59 Å². The first kappa shape index (κ1) is 12.8. The van der Waals surface area contributed by atoms with Crippen LogP contribution in [0.1, 0.15) is 16.8 Å². The predicted molar refractivity (Wildman–Crippen MR) is 68.5 cm³/mol. The molecular formula is C13H13N3O3. The van der Waals surface area contributed by atoms with Gasteiger partial charge in [0.05, 0.1) is 11.8 Å². The number of aromatic nitrogens is 1. The smallest absolute Gasteiger partial charge is 0.254 e. The maximum absolute atomic E-state index is 11.6. The van der Waals surface area contributed by atoms with E-state index in [0.29, 0.717) is 11.3 Å². The predicted octanol–water partition coefficient (Wildman–Crippen LogP) is 1.43. The highest BCUT2D eigenvalue weighted by atomic mass is 16.3. The molecule has 0 atom stereocenters. The van der Waals surface area contributed by atoms with Crippen molar-refractivity contribution < 1.29 is 14.0 Å². The molecule has 0 unspecified atom stereocenters. The van der Waals surface area contributed by atoms with E-state index in [4.69, 9.17) is 4.42 Å². The Morgan fingerprint density at radius 3 is 2.68 bits per heavy atom. The number of hydrogen-bond acceptors (Lipinski definition) is 4. The average molecular weight is 259 g/mol. The minimum Gasteiger partial charge on any atom is -0.472 e. The topological polar surface area (TPSA) is 84.2 Å². The van der Waals surface area contributed by atoms with Gasteiger partial charge >= 0.3 is 0 Å². The van der Waals surface area contributed by atoms with Crippen molar-refractivity contribution >= 4 is 17.5 Å². The van der Waals surface area contributed by atoms with Crippen molar-refractivity contribution in [2.75, 3.05) is 11.9 Å². The normalized spacial score (nSPS) is 9.89. The van der Waals surface area contributed by atoms with Gasteiger partial charge in [0.25, 0.3) is 5.91 Å². The first-order valence-electron chi connectivity index (χ1n) is 5.76. The Balaban J connectivity index is 1.71. The molecule has 0 fully saturated rings. The van der Waals surface area contributed by atoms with Gasteiger partial charge in [-0.05, 0) is 18.2 Å². The second kappa shape index (κ2) is 6.34. The van der Waals surface area contributed by atoms with Gasteiger partial charge in [0.2, 0.25) is 5.91 Å². The highest BCUT2D eigenvalue weighted by Crippen LogP contribution is 2.03. The summed E-state index contributed by atoms with van der Waals surface area (Å²) in [5, 5.41) is 5.33. The van der Waals surface area contributed by atoms with Gasteiger partial charge in [-0.1, -0.05) is 0 Å². The van der Waals surface area contributed by atoms with E-state index in [1.807, 2.05) is 0 Å². The third-order valence-corrected chi connectivity index (χ3v) is 2.39. The van der Waals surface area contributed by atoms with Gasteiger partial charge < -0.3 is 15.1 Å². The monoisotopic (exact) mass is 259 g/mol. The molecule has 0 saturated heterocycles. The average Bonchev–Trinajstić information content (AvgIpc) is 2.93. The number of hydrogen-bond donors (Lipinski definition) is 2. The molecular weight excluding hydrogens is 246 g/mol. The number of nitrogens with zero attached hydrogens (tertiary/aromatic N) is 1. The van der Waals surface area contributed by atoms with Crippen LogP contribution in [0.2, 0.25) is 0 Å². The number of rotatable bonds is 5. The number of pyridine rings is 1. The quantitative estimate of drug-likeness (QED) is 0.850. The summed E-state index contributed by atoms with van der Waals surface area (Å²) in [5.41, 5.74) is 1.12. The third-order valence-electron chi connectivity index (χ3n) is 2.39. The number of amides is 2. The first-order chi connectivity index (χ1) is 9.25. The second-order valence-electron chi connectivity index (χ2n) is 3.80. The number of furan rings is 1. The van der Waals surface area contributed by atoms with Crippen LogP contribution < -0.4 is 10.6 Å². The third kappa shape index (κ3) is 3.95. The zero-order valence-corrected chi connectivity index (χ0v) is 10.1. The van der Waals surface area contributed by atoms with Gasteiger partial charge in [0, 0.05) is 31.0 Å². The summed E-state index contributed by atoms with van der Waals surface area (Å²) in [4.78, 5) is 27.0. The Labute approximate surface area is 109 Å². The lowest BCUT2D eigenvalue weighted by Gasteiger charge is -2.05. The number of anilines is 1. The van der Waals surface area contributed by atoms with E-state index >= 15 is 0 Å². The number of carbonyl (C=O) groups excluding carboxylic acids is 2. The van der Waals surface area contributed by atoms with Crippen LogP contribution in [0.3, 0.4) is 0 Å². The van der Waals surface area contributed by atoms with Gasteiger partial charge in [0.1, 0.15) is 6.26 Å². The molecule has 2 aromatic heterocycles. The molecule has 0 aliphatic carbocycles. The van der Waals surface area contributed by atoms with E-state index in [0.717, 1.165) is 0 Å². The van der Waals surface area contributed by atoms with Crippen LogP contribution >= 0.6 is 0 Å². The van der Waals surface area contributed by atoms with E-state index in [1.165, 1.54) is 12.5 Å². The molecule has 6 heteroatoms. The molecule has 0 aliphatic rings. The molecule has 2 heterocycles. The van der Waals surface area contributed by atoms with Crippen LogP contribution in [0.4, 0.5) is 5.69 Å². The number of carbonyl (C=O) groups is 2. The van der Waals surface area contributed by atoms with Crippen molar-refractivity contribution in [1.82, 2.24) is 10.3 Å². The molecule has 19 heavy (non-hydrogen) atoms. The molecule has 2 aromatic rings. The Bertz CT molecular complexity index is 538. The van der Waals surface area contributed by atoms with Gasteiger partial charge in [-0.3, -0.25) is 14.6 Å². The SMILES string of the molecule is O=C(CCNC(=O)c1ccoc1)Nc1ccncc1. The minimum atomic E-state index is -0.259. The van der Waals surface area contributed by atoms with Crippen molar-refractivity contribution in [1.29, 1.82) is 0 Å². The van der Waals surface area contributed by atoms with Crippen LogP contribution in [0.15, 0.2) is 47.5 Å².